The Hall–Kier alpha value is -7.39. The van der Waals surface area contributed by atoms with Crippen molar-refractivity contribution in [1.29, 1.82) is 0 Å². The van der Waals surface area contributed by atoms with E-state index in [9.17, 15) is 53.1 Å². The molecule has 14 atom stereocenters. The highest BCUT2D eigenvalue weighted by atomic mass is 16.6. The molecule has 28 heteroatoms. The number of amides is 11. The van der Waals surface area contributed by atoms with Gasteiger partial charge in [0.25, 0.3) is 0 Å². The average molecular weight is 1390 g/mol. The topological polar surface area (TPSA) is 341 Å². The van der Waals surface area contributed by atoms with Gasteiger partial charge in [0.05, 0.1) is 6.61 Å². The minimum atomic E-state index is -1.57. The summed E-state index contributed by atoms with van der Waals surface area (Å²) in [6.07, 6.45) is 2.19. The van der Waals surface area contributed by atoms with Crippen LogP contribution < -0.4 is 21.3 Å². The molecule has 0 bridgehead atoms. The number of methoxy groups -OCH3 is 1. The van der Waals surface area contributed by atoms with Gasteiger partial charge >= 0.3 is 18.0 Å². The van der Waals surface area contributed by atoms with E-state index in [4.69, 9.17) is 14.2 Å². The van der Waals surface area contributed by atoms with Crippen LogP contribution >= 0.6 is 0 Å². The molecule has 0 radical (unpaired) electrons. The maximum Gasteiger partial charge on any atom is 0.410 e. The Labute approximate surface area is 584 Å². The second-order valence-electron chi connectivity index (χ2n) is 29.3. The molecule has 0 rings (SSSR count). The van der Waals surface area contributed by atoms with Gasteiger partial charge in [-0.25, -0.2) is 9.59 Å². The molecule has 0 aliphatic carbocycles. The van der Waals surface area contributed by atoms with Gasteiger partial charge in [-0.2, -0.15) is 0 Å². The van der Waals surface area contributed by atoms with E-state index >= 15 is 14.4 Å². The maximum atomic E-state index is 15.1. The first-order valence-electron chi connectivity index (χ1n) is 34.3. The van der Waals surface area contributed by atoms with E-state index < -0.39 is 179 Å². The van der Waals surface area contributed by atoms with Crippen molar-refractivity contribution in [3.8, 4) is 0 Å². The summed E-state index contributed by atoms with van der Waals surface area (Å²) < 4.78 is 16.6. The first kappa shape index (κ1) is 90.6. The number of hydrogen-bond donors (Lipinski definition) is 5. The first-order chi connectivity index (χ1) is 45.0. The monoisotopic (exact) mass is 1390 g/mol. The first-order valence-corrected chi connectivity index (χ1v) is 34.3. The number of nitrogens with zero attached hydrogens (tertiary/aromatic N) is 7. The summed E-state index contributed by atoms with van der Waals surface area (Å²) in [5.41, 5.74) is -0.844. The highest BCUT2D eigenvalue weighted by Gasteiger charge is 2.47. The Morgan fingerprint density at radius 1 is 0.480 bits per heavy atom. The third-order valence-corrected chi connectivity index (χ3v) is 17.4. The van der Waals surface area contributed by atoms with E-state index in [1.54, 1.807) is 88.3 Å². The predicted molar refractivity (Wildman–Crippen MR) is 373 cm³/mol. The van der Waals surface area contributed by atoms with Crippen molar-refractivity contribution in [1.82, 2.24) is 55.6 Å². The van der Waals surface area contributed by atoms with Crippen LogP contribution in [0, 0.1) is 41.4 Å². The number of rotatable bonds is 39. The number of carbonyl (C=O) groups excluding carboxylic acids is 12. The van der Waals surface area contributed by atoms with Crippen LogP contribution in [0.15, 0.2) is 12.2 Å². The van der Waals surface area contributed by atoms with E-state index in [1.807, 2.05) is 41.5 Å². The van der Waals surface area contributed by atoms with Gasteiger partial charge in [-0.05, 0) is 116 Å². The predicted octanol–water partition coefficient (Wildman–Crippen LogP) is 4.94. The van der Waals surface area contributed by atoms with E-state index in [0.29, 0.717) is 6.42 Å². The summed E-state index contributed by atoms with van der Waals surface area (Å²) in [7, 11) is 11.2. The van der Waals surface area contributed by atoms with Gasteiger partial charge in [0.2, 0.25) is 59.1 Å². The van der Waals surface area contributed by atoms with Gasteiger partial charge in [-0.1, -0.05) is 102 Å². The fraction of sp³-hybridized carbons (Fsp3) is 0.786. The van der Waals surface area contributed by atoms with Crippen LogP contribution in [0.1, 0.15) is 178 Å². The zero-order valence-electron chi connectivity index (χ0n) is 64.5. The number of ether oxygens (including phenoxy) is 3. The molecule has 0 spiro atoms. The minimum absolute atomic E-state index is 0.00480. The van der Waals surface area contributed by atoms with Crippen molar-refractivity contribution < 1.29 is 81.6 Å². The lowest BCUT2D eigenvalue weighted by Gasteiger charge is -2.42. The number of carboxylic acid groups (broad SMARTS) is 1. The molecule has 0 unspecified atom stereocenters. The van der Waals surface area contributed by atoms with Gasteiger partial charge in [-0.3, -0.25) is 57.6 Å². The van der Waals surface area contributed by atoms with Gasteiger partial charge in [-0.15, -0.1) is 0 Å². The van der Waals surface area contributed by atoms with E-state index in [-0.39, 0.29) is 50.0 Å². The second kappa shape index (κ2) is 41.2. The number of carbonyl (C=O) groups is 13. The highest BCUT2D eigenvalue weighted by Crippen LogP contribution is 2.27. The van der Waals surface area contributed by atoms with E-state index in [1.165, 1.54) is 102 Å². The lowest BCUT2D eigenvalue weighted by atomic mass is 9.91. The van der Waals surface area contributed by atoms with Crippen molar-refractivity contribution >= 4 is 77.1 Å². The van der Waals surface area contributed by atoms with Crippen LogP contribution in [-0.4, -0.2) is 258 Å². The quantitative estimate of drug-likeness (QED) is 0.0402. The Morgan fingerprint density at radius 2 is 0.918 bits per heavy atom. The van der Waals surface area contributed by atoms with E-state index in [0.717, 1.165) is 16.7 Å². The Bertz CT molecular complexity index is 2730. The average Bonchev–Trinajstić information content (AvgIpc) is 0.803. The third kappa shape index (κ3) is 27.0. The molecule has 0 fully saturated rings. The summed E-state index contributed by atoms with van der Waals surface area (Å²) in [6, 6.07) is -13.9. The summed E-state index contributed by atoms with van der Waals surface area (Å²) in [4.78, 5) is 192. The van der Waals surface area contributed by atoms with Crippen LogP contribution in [-0.2, 0) is 71.7 Å². The fourth-order valence-electron chi connectivity index (χ4n) is 11.6. The maximum absolute atomic E-state index is 15.1. The van der Waals surface area contributed by atoms with Crippen molar-refractivity contribution in [2.75, 3.05) is 63.1 Å². The molecule has 28 nitrogen and oxygen atoms in total. The number of likely N-dealkylation sites (N-methyl/N-ethyl adjacent to an activating group) is 7. The molecule has 0 saturated heterocycles. The lowest BCUT2D eigenvalue weighted by Crippen LogP contribution is -2.63. The van der Waals surface area contributed by atoms with Crippen LogP contribution in [0.25, 0.3) is 0 Å². The van der Waals surface area contributed by atoms with Crippen LogP contribution in [0.2, 0.25) is 0 Å². The number of allylic oxidation sites excluding steroid dienone is 2. The summed E-state index contributed by atoms with van der Waals surface area (Å²) in [5.74, 6) is -12.0. The van der Waals surface area contributed by atoms with Gasteiger partial charge < -0.3 is 70.0 Å². The molecule has 0 aromatic rings. The standard InChI is InChI=1S/C70H125N11O17/c1-30-32-33-43(13)57(97-48(18)82)56(61(86)73-49(31-2)68(93)94)81(28)67(92)54(42(11)12)79(26)65(90)52(36-40(7)8)78(25)64(89)51(35-39(5)6)77(24)62(87)46(16)72-58(83)45(15)71-59(84)50(34-38(3)4)76(23)66(91)53(41(9)10)74-60(85)55(44(14)37-96-29)80(27)63(88)47(17)75(22)69(95)98-70(19,20)21/h30,32,38-47,49-57H,31,33-37H2,1-29H3,(H,71,84)(H,72,83)(H,73,86)(H,74,85)(H,93,94)/b32-30+/t43-,44-,45+,46-,47-,49+,50+,51+,52+,53+,54+,55+,56+,57-/m1/s1. The Balaban J connectivity index is 7.10. The number of nitrogens with one attached hydrogen (secondary N) is 4. The molecule has 98 heavy (non-hydrogen) atoms. The minimum Gasteiger partial charge on any atom is -0.480 e. The Morgan fingerprint density at radius 3 is 1.35 bits per heavy atom. The summed E-state index contributed by atoms with van der Waals surface area (Å²) in [5, 5.41) is 20.6. The summed E-state index contributed by atoms with van der Waals surface area (Å²) in [6.45, 7) is 35.2. The van der Waals surface area contributed by atoms with Gasteiger partial charge in [0.1, 0.15) is 78.2 Å². The Kier molecular flexibility index (Phi) is 38.1. The summed E-state index contributed by atoms with van der Waals surface area (Å²) >= 11 is 0. The fourth-order valence-corrected chi connectivity index (χ4v) is 11.6. The largest absolute Gasteiger partial charge is 0.480 e. The second-order valence-corrected chi connectivity index (χ2v) is 29.3. The SMILES string of the molecule is C/C=C/C[C@@H](C)[C@@H](OC(C)=O)[C@@H](C(=O)N[C@@H](CC)C(=O)O)N(C)C(=O)[C@H](C(C)C)N(C)C(=O)[C@H](CC(C)C)N(C)C(=O)[C@H](CC(C)C)N(C)C(=O)[C@@H](C)NC(=O)[C@H](C)NC(=O)[C@H](CC(C)C)N(C)C(=O)[C@@H](NC(=O)[C@H]([C@H](C)COC)N(C)C(=O)[C@@H](C)N(C)C(=O)OC(C)(C)C)C(C)C. The van der Waals surface area contributed by atoms with Crippen LogP contribution in [0.3, 0.4) is 0 Å². The molecule has 0 aromatic heterocycles. The molecule has 11 amide bonds. The highest BCUT2D eigenvalue weighted by molar-refractivity contribution is 5.99. The number of esters is 1. The van der Waals surface area contributed by atoms with Crippen molar-refractivity contribution in [3.63, 3.8) is 0 Å². The molecule has 0 aliphatic heterocycles. The lowest BCUT2D eigenvalue weighted by molar-refractivity contribution is -0.164. The molecule has 0 aliphatic rings. The molecule has 0 heterocycles. The van der Waals surface area contributed by atoms with Crippen LogP contribution in [0.5, 0.6) is 0 Å². The zero-order valence-corrected chi connectivity index (χ0v) is 64.5. The molecule has 0 aromatic carbocycles. The zero-order chi connectivity index (χ0) is 76.6. The van der Waals surface area contributed by atoms with Gasteiger partial charge in [0.15, 0.2) is 0 Å². The molecular formula is C70H125N11O17. The van der Waals surface area contributed by atoms with Crippen molar-refractivity contribution in [2.45, 2.75) is 256 Å². The molecular weight excluding hydrogens is 1270 g/mol. The molecule has 5 N–H and O–H groups in total. The van der Waals surface area contributed by atoms with Crippen molar-refractivity contribution in [2.24, 2.45) is 41.4 Å². The number of hydrogen-bond acceptors (Lipinski definition) is 16. The van der Waals surface area contributed by atoms with Crippen molar-refractivity contribution in [3.05, 3.63) is 12.2 Å². The third-order valence-electron chi connectivity index (χ3n) is 17.4. The smallest absolute Gasteiger partial charge is 0.410 e. The number of carboxylic acids is 1. The van der Waals surface area contributed by atoms with E-state index in [2.05, 4.69) is 21.3 Å². The van der Waals surface area contributed by atoms with Crippen LogP contribution in [0.4, 0.5) is 4.79 Å². The molecule has 562 valence electrons. The molecule has 0 saturated carbocycles. The van der Waals surface area contributed by atoms with Gasteiger partial charge in [0, 0.05) is 69.3 Å². The number of aliphatic carboxylic acids is 1. The normalized spacial score (nSPS) is 16.1.